The molecule has 0 unspecified atom stereocenters. The second-order valence-electron chi connectivity index (χ2n) is 7.10. The van der Waals surface area contributed by atoms with Gasteiger partial charge in [-0.05, 0) is 63.8 Å². The molecule has 2 aromatic heterocycles. The van der Waals surface area contributed by atoms with E-state index in [0.29, 0.717) is 11.1 Å². The zero-order chi connectivity index (χ0) is 19.2. The molecule has 0 aliphatic carbocycles. The van der Waals surface area contributed by atoms with Crippen molar-refractivity contribution in [3.63, 3.8) is 0 Å². The SMILES string of the molecule is CC[C@@H](C)NC(=O)Cc1c(C)c2c(cc(C)c3c(C)c(C)oc32)oc1=O. The summed E-state index contributed by atoms with van der Waals surface area (Å²) in [4.78, 5) is 24.8. The largest absolute Gasteiger partial charge is 0.460 e. The third-order valence-electron chi connectivity index (χ3n) is 5.23. The Morgan fingerprint density at radius 2 is 1.81 bits per heavy atom. The van der Waals surface area contributed by atoms with E-state index < -0.39 is 5.63 Å². The summed E-state index contributed by atoms with van der Waals surface area (Å²) in [5.41, 5.74) is 3.97. The van der Waals surface area contributed by atoms with Gasteiger partial charge < -0.3 is 14.2 Å². The van der Waals surface area contributed by atoms with Crippen LogP contribution in [0.3, 0.4) is 0 Å². The minimum atomic E-state index is -0.465. The topological polar surface area (TPSA) is 72.5 Å². The minimum Gasteiger partial charge on any atom is -0.460 e. The van der Waals surface area contributed by atoms with Crippen LogP contribution in [-0.4, -0.2) is 11.9 Å². The van der Waals surface area contributed by atoms with Gasteiger partial charge in [-0.1, -0.05) is 6.92 Å². The summed E-state index contributed by atoms with van der Waals surface area (Å²) >= 11 is 0. The van der Waals surface area contributed by atoms with E-state index in [1.807, 2.05) is 47.6 Å². The average Bonchev–Trinajstić information content (AvgIpc) is 2.86. The fourth-order valence-corrected chi connectivity index (χ4v) is 3.42. The van der Waals surface area contributed by atoms with Crippen LogP contribution in [0.25, 0.3) is 21.9 Å². The maximum atomic E-state index is 12.5. The highest BCUT2D eigenvalue weighted by Crippen LogP contribution is 2.35. The summed E-state index contributed by atoms with van der Waals surface area (Å²) in [6, 6.07) is 1.94. The van der Waals surface area contributed by atoms with Crippen molar-refractivity contribution in [3.8, 4) is 0 Å². The molecule has 0 fully saturated rings. The standard InChI is InChI=1S/C21H25NO4/c1-7-11(3)22-17(23)9-15-13(5)19-16(26-21(15)24)8-10(2)18-12(4)14(6)25-20(18)19/h8,11H,7,9H2,1-6H3,(H,22,23)/t11-/m1/s1. The lowest BCUT2D eigenvalue weighted by Crippen LogP contribution is -2.34. The lowest BCUT2D eigenvalue weighted by molar-refractivity contribution is -0.121. The van der Waals surface area contributed by atoms with Gasteiger partial charge in [0.1, 0.15) is 16.9 Å². The first kappa shape index (κ1) is 18.2. The molecule has 0 radical (unpaired) electrons. The van der Waals surface area contributed by atoms with E-state index in [-0.39, 0.29) is 18.4 Å². The van der Waals surface area contributed by atoms with Crippen molar-refractivity contribution >= 4 is 27.8 Å². The first-order chi connectivity index (χ1) is 12.2. The molecule has 0 saturated carbocycles. The van der Waals surface area contributed by atoms with E-state index in [0.717, 1.165) is 45.2 Å². The number of nitrogens with one attached hydrogen (secondary N) is 1. The molecule has 0 saturated heterocycles. The predicted octanol–water partition coefficient (Wildman–Crippen LogP) is 4.23. The van der Waals surface area contributed by atoms with E-state index in [9.17, 15) is 9.59 Å². The number of hydrogen-bond acceptors (Lipinski definition) is 4. The Kier molecular flexibility index (Phi) is 4.65. The van der Waals surface area contributed by atoms with Crippen molar-refractivity contribution in [1.82, 2.24) is 5.32 Å². The molecule has 1 atom stereocenters. The van der Waals surface area contributed by atoms with Crippen LogP contribution < -0.4 is 10.9 Å². The third-order valence-corrected chi connectivity index (χ3v) is 5.23. The highest BCUT2D eigenvalue weighted by molar-refractivity contribution is 6.07. The van der Waals surface area contributed by atoms with E-state index in [1.165, 1.54) is 0 Å². The molecule has 3 aromatic rings. The van der Waals surface area contributed by atoms with Gasteiger partial charge in [0.2, 0.25) is 5.91 Å². The molecule has 1 amide bonds. The normalized spacial score (nSPS) is 12.7. The quantitative estimate of drug-likeness (QED) is 0.711. The number of aryl methyl sites for hydroxylation is 4. The first-order valence-corrected chi connectivity index (χ1v) is 8.99. The van der Waals surface area contributed by atoms with Crippen molar-refractivity contribution in [2.24, 2.45) is 0 Å². The lowest BCUT2D eigenvalue weighted by atomic mass is 9.98. The summed E-state index contributed by atoms with van der Waals surface area (Å²) in [5, 5.41) is 4.71. The summed E-state index contributed by atoms with van der Waals surface area (Å²) in [6.45, 7) is 11.7. The zero-order valence-electron chi connectivity index (χ0n) is 16.2. The van der Waals surface area contributed by atoms with E-state index >= 15 is 0 Å². The Morgan fingerprint density at radius 3 is 2.46 bits per heavy atom. The number of carbonyl (C=O) groups is 1. The fraction of sp³-hybridized carbons (Fsp3) is 0.429. The van der Waals surface area contributed by atoms with Crippen molar-refractivity contribution in [1.29, 1.82) is 0 Å². The number of carbonyl (C=O) groups excluding carboxylic acids is 1. The molecule has 5 heteroatoms. The number of benzene rings is 1. The summed E-state index contributed by atoms with van der Waals surface area (Å²) < 4.78 is 11.5. The lowest BCUT2D eigenvalue weighted by Gasteiger charge is -2.13. The minimum absolute atomic E-state index is 0.00247. The van der Waals surface area contributed by atoms with Gasteiger partial charge in [-0.2, -0.15) is 0 Å². The van der Waals surface area contributed by atoms with Crippen LogP contribution >= 0.6 is 0 Å². The Bertz CT molecular complexity index is 1070. The zero-order valence-corrected chi connectivity index (χ0v) is 16.2. The monoisotopic (exact) mass is 355 g/mol. The molecule has 0 spiro atoms. The van der Waals surface area contributed by atoms with Gasteiger partial charge in [0.15, 0.2) is 0 Å². The smallest absolute Gasteiger partial charge is 0.340 e. The summed E-state index contributed by atoms with van der Waals surface area (Å²) in [5.74, 6) is 0.668. The number of amides is 1. The average molecular weight is 355 g/mol. The number of furan rings is 1. The van der Waals surface area contributed by atoms with Crippen LogP contribution in [0.1, 0.15) is 48.3 Å². The third kappa shape index (κ3) is 2.91. The molecule has 0 aliphatic heterocycles. The van der Waals surface area contributed by atoms with Crippen LogP contribution in [0.15, 0.2) is 19.7 Å². The highest BCUT2D eigenvalue weighted by atomic mass is 16.4. The van der Waals surface area contributed by atoms with Crippen molar-refractivity contribution in [2.45, 2.75) is 60.4 Å². The molecule has 0 aliphatic rings. The fourth-order valence-electron chi connectivity index (χ4n) is 3.42. The van der Waals surface area contributed by atoms with Gasteiger partial charge >= 0.3 is 5.63 Å². The molecular weight excluding hydrogens is 330 g/mol. The van der Waals surface area contributed by atoms with Crippen LogP contribution in [0.5, 0.6) is 0 Å². The molecule has 26 heavy (non-hydrogen) atoms. The molecular formula is C21H25NO4. The molecule has 138 valence electrons. The van der Waals surface area contributed by atoms with E-state index in [2.05, 4.69) is 5.32 Å². The maximum Gasteiger partial charge on any atom is 0.340 e. The summed E-state index contributed by atoms with van der Waals surface area (Å²) in [7, 11) is 0. The first-order valence-electron chi connectivity index (χ1n) is 8.99. The Balaban J connectivity index is 2.22. The van der Waals surface area contributed by atoms with Crippen LogP contribution in [-0.2, 0) is 11.2 Å². The second-order valence-corrected chi connectivity index (χ2v) is 7.10. The second kappa shape index (κ2) is 6.63. The van der Waals surface area contributed by atoms with Crippen LogP contribution in [0, 0.1) is 27.7 Å². The van der Waals surface area contributed by atoms with Crippen LogP contribution in [0.2, 0.25) is 0 Å². The van der Waals surface area contributed by atoms with Gasteiger partial charge in [-0.3, -0.25) is 4.79 Å². The number of fused-ring (bicyclic) bond motifs is 3. The Labute approximate surface area is 152 Å². The summed E-state index contributed by atoms with van der Waals surface area (Å²) in [6.07, 6.45) is 0.838. The Hall–Kier alpha value is -2.56. The van der Waals surface area contributed by atoms with Gasteiger partial charge in [0.05, 0.1) is 17.4 Å². The van der Waals surface area contributed by atoms with Gasteiger partial charge in [0, 0.05) is 11.4 Å². The van der Waals surface area contributed by atoms with Crippen molar-refractivity contribution in [3.05, 3.63) is 44.5 Å². The van der Waals surface area contributed by atoms with Gasteiger partial charge in [-0.15, -0.1) is 0 Å². The molecule has 1 N–H and O–H groups in total. The Morgan fingerprint density at radius 1 is 1.12 bits per heavy atom. The predicted molar refractivity (Wildman–Crippen MR) is 103 cm³/mol. The van der Waals surface area contributed by atoms with Crippen molar-refractivity contribution in [2.75, 3.05) is 0 Å². The number of hydrogen-bond donors (Lipinski definition) is 1. The number of rotatable bonds is 4. The van der Waals surface area contributed by atoms with E-state index in [4.69, 9.17) is 8.83 Å². The molecule has 1 aromatic carbocycles. The van der Waals surface area contributed by atoms with Gasteiger partial charge in [-0.25, -0.2) is 4.79 Å². The molecule has 5 nitrogen and oxygen atoms in total. The maximum absolute atomic E-state index is 12.5. The van der Waals surface area contributed by atoms with Crippen molar-refractivity contribution < 1.29 is 13.6 Å². The van der Waals surface area contributed by atoms with Crippen LogP contribution in [0.4, 0.5) is 0 Å². The molecule has 0 bridgehead atoms. The molecule has 3 rings (SSSR count). The molecule has 2 heterocycles. The van der Waals surface area contributed by atoms with E-state index in [1.54, 1.807) is 0 Å². The highest BCUT2D eigenvalue weighted by Gasteiger charge is 2.21. The van der Waals surface area contributed by atoms with Gasteiger partial charge in [0.25, 0.3) is 0 Å².